The summed E-state index contributed by atoms with van der Waals surface area (Å²) in [5, 5.41) is 7.26. The molecule has 7 heteroatoms. The number of halogens is 1. The number of carbonyl (C=O) groups excluding carboxylic acids is 2. The monoisotopic (exact) mass is 393 g/mol. The van der Waals surface area contributed by atoms with Crippen molar-refractivity contribution in [3.8, 4) is 11.3 Å². The molecule has 0 saturated heterocycles. The number of aryl methyl sites for hydroxylation is 1. The van der Waals surface area contributed by atoms with Gasteiger partial charge in [-0.2, -0.15) is 0 Å². The van der Waals surface area contributed by atoms with Crippen molar-refractivity contribution in [1.82, 2.24) is 10.5 Å². The third-order valence-electron chi connectivity index (χ3n) is 4.65. The van der Waals surface area contributed by atoms with Crippen molar-refractivity contribution in [2.24, 2.45) is 10.9 Å². The van der Waals surface area contributed by atoms with Crippen LogP contribution in [0.4, 0.5) is 0 Å². The Kier molecular flexibility index (Phi) is 4.57. The number of nitrogens with zero attached hydrogens (tertiary/aromatic N) is 2. The van der Waals surface area contributed by atoms with E-state index in [1.165, 1.54) is 0 Å². The summed E-state index contributed by atoms with van der Waals surface area (Å²) in [7, 11) is 0. The largest absolute Gasteiger partial charge is 0.360 e. The summed E-state index contributed by atoms with van der Waals surface area (Å²) in [5.41, 5.74) is 3.30. The average molecular weight is 394 g/mol. The molecule has 1 atom stereocenters. The summed E-state index contributed by atoms with van der Waals surface area (Å²) >= 11 is 6.25. The van der Waals surface area contributed by atoms with Crippen LogP contribution >= 0.6 is 11.6 Å². The number of fused-ring (bicyclic) bond motifs is 1. The Hall–Kier alpha value is -3.25. The molecule has 0 bridgehead atoms. The Morgan fingerprint density at radius 3 is 2.82 bits per heavy atom. The average Bonchev–Trinajstić information content (AvgIpc) is 3.03. The lowest BCUT2D eigenvalue weighted by Crippen LogP contribution is -2.32. The lowest BCUT2D eigenvalue weighted by molar-refractivity contribution is -0.116. The molecule has 140 valence electrons. The highest BCUT2D eigenvalue weighted by Gasteiger charge is 2.26. The smallest absolute Gasteiger partial charge is 0.283 e. The third kappa shape index (κ3) is 3.23. The predicted octanol–water partition coefficient (Wildman–Crippen LogP) is 4.03. The predicted molar refractivity (Wildman–Crippen MR) is 106 cm³/mol. The molecule has 1 aliphatic carbocycles. The number of hydrogen-bond acceptors (Lipinski definition) is 4. The van der Waals surface area contributed by atoms with Crippen LogP contribution in [0, 0.1) is 12.8 Å². The van der Waals surface area contributed by atoms with Crippen molar-refractivity contribution in [2.45, 2.75) is 13.8 Å². The SMILES string of the molecule is CC1=CC(=O)NC2=CC(=NC(=O)c3c(-c4ccccc4Cl)noc3C)C=CC12. The van der Waals surface area contributed by atoms with E-state index < -0.39 is 5.91 Å². The Labute approximate surface area is 166 Å². The van der Waals surface area contributed by atoms with Gasteiger partial charge in [-0.1, -0.05) is 46.6 Å². The van der Waals surface area contributed by atoms with Gasteiger partial charge in [-0.3, -0.25) is 9.59 Å². The Morgan fingerprint density at radius 1 is 1.25 bits per heavy atom. The molecule has 0 saturated carbocycles. The van der Waals surface area contributed by atoms with E-state index in [1.54, 1.807) is 49.4 Å². The number of aliphatic imine (C=N–C) groups is 1. The number of hydrogen-bond donors (Lipinski definition) is 1. The highest BCUT2D eigenvalue weighted by Crippen LogP contribution is 2.32. The number of aromatic nitrogens is 1. The molecular weight excluding hydrogens is 378 g/mol. The van der Waals surface area contributed by atoms with Gasteiger partial charge in [-0.25, -0.2) is 4.99 Å². The van der Waals surface area contributed by atoms with Crippen molar-refractivity contribution in [3.63, 3.8) is 0 Å². The number of carbonyl (C=O) groups is 2. The van der Waals surface area contributed by atoms with Gasteiger partial charge in [0.25, 0.3) is 5.91 Å². The normalized spacial score (nSPS) is 19.8. The Balaban J connectivity index is 1.70. The van der Waals surface area contributed by atoms with E-state index in [2.05, 4.69) is 15.5 Å². The van der Waals surface area contributed by atoms with E-state index in [9.17, 15) is 9.59 Å². The van der Waals surface area contributed by atoms with Crippen LogP contribution in [0.2, 0.25) is 5.02 Å². The number of rotatable bonds is 2. The van der Waals surface area contributed by atoms with Crippen LogP contribution in [-0.4, -0.2) is 22.7 Å². The summed E-state index contributed by atoms with van der Waals surface area (Å²) in [6.45, 7) is 3.55. The second kappa shape index (κ2) is 7.05. The molecule has 28 heavy (non-hydrogen) atoms. The molecule has 6 nitrogen and oxygen atoms in total. The highest BCUT2D eigenvalue weighted by atomic mass is 35.5. The van der Waals surface area contributed by atoms with Gasteiger partial charge in [0.1, 0.15) is 17.0 Å². The molecule has 1 aliphatic heterocycles. The molecule has 1 aromatic carbocycles. The van der Waals surface area contributed by atoms with Crippen LogP contribution in [0.15, 0.2) is 69.4 Å². The maximum absolute atomic E-state index is 12.9. The molecule has 1 unspecified atom stereocenters. The van der Waals surface area contributed by atoms with Crippen molar-refractivity contribution < 1.29 is 14.1 Å². The van der Waals surface area contributed by atoms with Crippen LogP contribution < -0.4 is 5.32 Å². The molecule has 2 aliphatic rings. The van der Waals surface area contributed by atoms with Crippen LogP contribution in [-0.2, 0) is 4.79 Å². The summed E-state index contributed by atoms with van der Waals surface area (Å²) < 4.78 is 5.23. The third-order valence-corrected chi connectivity index (χ3v) is 4.98. The fourth-order valence-corrected chi connectivity index (χ4v) is 3.51. The van der Waals surface area contributed by atoms with Gasteiger partial charge >= 0.3 is 0 Å². The zero-order chi connectivity index (χ0) is 19.8. The van der Waals surface area contributed by atoms with Crippen molar-refractivity contribution in [2.75, 3.05) is 0 Å². The number of nitrogens with one attached hydrogen (secondary N) is 1. The maximum atomic E-state index is 12.9. The van der Waals surface area contributed by atoms with Gasteiger partial charge in [0.05, 0.1) is 10.7 Å². The quantitative estimate of drug-likeness (QED) is 0.834. The fraction of sp³-hybridized carbons (Fsp3) is 0.143. The minimum Gasteiger partial charge on any atom is -0.360 e. The number of benzene rings is 1. The molecule has 0 fully saturated rings. The zero-order valence-corrected chi connectivity index (χ0v) is 15.9. The first-order chi connectivity index (χ1) is 13.4. The van der Waals surface area contributed by atoms with E-state index in [4.69, 9.17) is 16.1 Å². The van der Waals surface area contributed by atoms with Gasteiger partial charge in [-0.05, 0) is 32.1 Å². The van der Waals surface area contributed by atoms with Gasteiger partial charge in [-0.15, -0.1) is 0 Å². The molecule has 1 aromatic heterocycles. The molecule has 4 rings (SSSR count). The highest BCUT2D eigenvalue weighted by molar-refractivity contribution is 6.33. The van der Waals surface area contributed by atoms with Crippen molar-refractivity contribution in [1.29, 1.82) is 0 Å². The summed E-state index contributed by atoms with van der Waals surface area (Å²) in [5.74, 6) is -0.322. The molecule has 2 heterocycles. The number of allylic oxidation sites excluding steroid dienone is 3. The van der Waals surface area contributed by atoms with E-state index in [1.807, 2.05) is 13.0 Å². The van der Waals surface area contributed by atoms with Gasteiger partial charge in [0.15, 0.2) is 0 Å². The van der Waals surface area contributed by atoms with Crippen LogP contribution in [0.3, 0.4) is 0 Å². The first-order valence-corrected chi connectivity index (χ1v) is 9.05. The Morgan fingerprint density at radius 2 is 2.04 bits per heavy atom. The van der Waals surface area contributed by atoms with Crippen LogP contribution in [0.1, 0.15) is 23.0 Å². The molecular formula is C21H16ClN3O3. The summed E-state index contributed by atoms with van der Waals surface area (Å²) in [6, 6.07) is 7.09. The minimum absolute atomic E-state index is 0.0113. The first-order valence-electron chi connectivity index (χ1n) is 8.67. The van der Waals surface area contributed by atoms with Gasteiger partial charge in [0.2, 0.25) is 5.91 Å². The molecule has 0 spiro atoms. The standard InChI is InChI=1S/C21H16ClN3O3/c1-11-9-18(26)24-17-10-13(7-8-14(11)17)23-21(27)19-12(2)28-25-20(19)15-5-3-4-6-16(15)22/h3-10,14H,1-2H3,(H,24,26). The maximum Gasteiger partial charge on any atom is 0.283 e. The second-order valence-corrected chi connectivity index (χ2v) is 7.01. The van der Waals surface area contributed by atoms with E-state index >= 15 is 0 Å². The zero-order valence-electron chi connectivity index (χ0n) is 15.2. The van der Waals surface area contributed by atoms with Gasteiger partial charge < -0.3 is 9.84 Å². The molecule has 2 aromatic rings. The topological polar surface area (TPSA) is 84.6 Å². The second-order valence-electron chi connectivity index (χ2n) is 6.60. The first kappa shape index (κ1) is 18.1. The minimum atomic E-state index is -0.488. The Bertz CT molecular complexity index is 1120. The molecule has 2 amide bonds. The lowest BCUT2D eigenvalue weighted by atomic mass is 9.89. The van der Waals surface area contributed by atoms with E-state index in [-0.39, 0.29) is 17.4 Å². The van der Waals surface area contributed by atoms with Crippen molar-refractivity contribution in [3.05, 3.63) is 76.2 Å². The summed E-state index contributed by atoms with van der Waals surface area (Å²) in [6.07, 6.45) is 6.94. The fourth-order valence-electron chi connectivity index (χ4n) is 3.29. The molecule has 0 radical (unpaired) electrons. The van der Waals surface area contributed by atoms with E-state index in [0.717, 1.165) is 5.57 Å². The lowest BCUT2D eigenvalue weighted by Gasteiger charge is -2.25. The van der Waals surface area contributed by atoms with Crippen LogP contribution in [0.5, 0.6) is 0 Å². The van der Waals surface area contributed by atoms with Gasteiger partial charge in [0, 0.05) is 23.3 Å². The van der Waals surface area contributed by atoms with E-state index in [0.29, 0.717) is 33.4 Å². The summed E-state index contributed by atoms with van der Waals surface area (Å²) in [4.78, 5) is 28.8. The van der Waals surface area contributed by atoms with Crippen molar-refractivity contribution >= 4 is 29.1 Å². The molecule has 1 N–H and O–H groups in total. The number of amides is 2. The van der Waals surface area contributed by atoms with Crippen LogP contribution in [0.25, 0.3) is 11.3 Å².